The van der Waals surface area contributed by atoms with Gasteiger partial charge < -0.3 is 15.7 Å². The number of carbonyl (C=O) groups is 1. The van der Waals surface area contributed by atoms with Crippen LogP contribution in [0.3, 0.4) is 0 Å². The molecule has 1 saturated heterocycles. The molecular formula is C25H23BrF2N6O2. The number of aliphatic hydroxyl groups excluding tert-OH is 1. The minimum absolute atomic E-state index is 0.0643. The third-order valence-corrected chi connectivity index (χ3v) is 7.29. The largest absolute Gasteiger partial charge is 0.384 e. The van der Waals surface area contributed by atoms with Crippen molar-refractivity contribution in [3.63, 3.8) is 0 Å². The van der Waals surface area contributed by atoms with Crippen molar-refractivity contribution in [1.82, 2.24) is 24.5 Å². The minimum Gasteiger partial charge on any atom is -0.384 e. The average molecular weight is 557 g/mol. The van der Waals surface area contributed by atoms with Crippen molar-refractivity contribution in [2.45, 2.75) is 31.8 Å². The first kappa shape index (κ1) is 24.3. The number of likely N-dealkylation sites (tertiary alicyclic amines) is 1. The molecule has 186 valence electrons. The number of fused-ring (bicyclic) bond motifs is 1. The van der Waals surface area contributed by atoms with Crippen LogP contribution in [0.15, 0.2) is 47.2 Å². The number of carbonyl (C=O) groups excluding carboxylic acids is 1. The molecule has 0 bridgehead atoms. The van der Waals surface area contributed by atoms with Crippen molar-refractivity contribution in [2.75, 3.05) is 18.8 Å². The van der Waals surface area contributed by atoms with Crippen LogP contribution in [0.1, 0.15) is 31.4 Å². The van der Waals surface area contributed by atoms with Gasteiger partial charge in [0.05, 0.1) is 22.1 Å². The molecule has 1 aromatic carbocycles. The summed E-state index contributed by atoms with van der Waals surface area (Å²) in [6.07, 6.45) is 3.58. The predicted octanol–water partition coefficient (Wildman–Crippen LogP) is 4.17. The number of aliphatic hydroxyl groups is 1. The number of pyridine rings is 1. The summed E-state index contributed by atoms with van der Waals surface area (Å²) in [6.45, 7) is 2.51. The van der Waals surface area contributed by atoms with Gasteiger partial charge in [0, 0.05) is 48.0 Å². The number of hydrogen-bond donors (Lipinski definition) is 2. The summed E-state index contributed by atoms with van der Waals surface area (Å²) in [6, 6.07) is 6.81. The molecule has 1 unspecified atom stereocenters. The lowest BCUT2D eigenvalue weighted by atomic mass is 9.93. The number of benzene rings is 1. The summed E-state index contributed by atoms with van der Waals surface area (Å²) in [5, 5.41) is 14.0. The van der Waals surface area contributed by atoms with Gasteiger partial charge in [0.15, 0.2) is 5.65 Å². The molecule has 0 saturated carbocycles. The zero-order chi connectivity index (χ0) is 25.6. The standard InChI is InChI=1S/C25H23BrF2N6O2/c1-13(35)25(36)33-8-6-14(7-9-33)22-21(26)23(29)34-24(32-22)18(12-31-34)15-2-5-20(30-11-15)17-4-3-16(27)10-19(17)28/h2-5,10-14,35H,6-9,29H2,1H3. The molecule has 1 aliphatic heterocycles. The first-order valence-corrected chi connectivity index (χ1v) is 12.2. The van der Waals surface area contributed by atoms with Crippen LogP contribution in [0.25, 0.3) is 28.0 Å². The Morgan fingerprint density at radius 3 is 2.56 bits per heavy atom. The summed E-state index contributed by atoms with van der Waals surface area (Å²) in [7, 11) is 0. The number of rotatable bonds is 4. The van der Waals surface area contributed by atoms with Crippen LogP contribution in [-0.4, -0.2) is 54.7 Å². The Labute approximate surface area is 213 Å². The number of aromatic nitrogens is 4. The summed E-state index contributed by atoms with van der Waals surface area (Å²) in [5.41, 5.74) is 9.73. The van der Waals surface area contributed by atoms with Crippen LogP contribution in [-0.2, 0) is 4.79 Å². The molecular weight excluding hydrogens is 534 g/mol. The maximum absolute atomic E-state index is 14.2. The SMILES string of the molecule is CC(O)C(=O)N1CCC(c2nc3c(-c4ccc(-c5ccc(F)cc5F)nc4)cnn3c(N)c2Br)CC1. The molecule has 1 fully saturated rings. The monoisotopic (exact) mass is 556 g/mol. The lowest BCUT2D eigenvalue weighted by Gasteiger charge is -2.33. The Morgan fingerprint density at radius 2 is 1.92 bits per heavy atom. The minimum atomic E-state index is -1.02. The van der Waals surface area contributed by atoms with Gasteiger partial charge in [-0.05, 0) is 53.9 Å². The highest BCUT2D eigenvalue weighted by molar-refractivity contribution is 9.10. The number of nitrogens with zero attached hydrogens (tertiary/aromatic N) is 5. The van der Waals surface area contributed by atoms with Crippen LogP contribution >= 0.6 is 15.9 Å². The molecule has 1 atom stereocenters. The number of anilines is 1. The summed E-state index contributed by atoms with van der Waals surface area (Å²) in [5.74, 6) is -1.14. The smallest absolute Gasteiger partial charge is 0.251 e. The Balaban J connectivity index is 1.46. The number of hydrogen-bond acceptors (Lipinski definition) is 6. The number of piperidine rings is 1. The molecule has 3 N–H and O–H groups in total. The quantitative estimate of drug-likeness (QED) is 0.390. The van der Waals surface area contributed by atoms with Crippen molar-refractivity contribution in [1.29, 1.82) is 0 Å². The molecule has 11 heteroatoms. The predicted molar refractivity (Wildman–Crippen MR) is 134 cm³/mol. The third-order valence-electron chi connectivity index (χ3n) is 6.48. The van der Waals surface area contributed by atoms with E-state index in [1.165, 1.54) is 19.1 Å². The fourth-order valence-corrected chi connectivity index (χ4v) is 5.11. The van der Waals surface area contributed by atoms with E-state index in [2.05, 4.69) is 26.0 Å². The van der Waals surface area contributed by atoms with E-state index < -0.39 is 17.7 Å². The molecule has 0 aliphatic carbocycles. The molecule has 5 rings (SSSR count). The van der Waals surface area contributed by atoms with Crippen LogP contribution in [0, 0.1) is 11.6 Å². The van der Waals surface area contributed by atoms with Crippen LogP contribution in [0.4, 0.5) is 14.6 Å². The van der Waals surface area contributed by atoms with E-state index in [1.54, 1.807) is 33.9 Å². The van der Waals surface area contributed by atoms with Crippen molar-refractivity contribution >= 4 is 33.3 Å². The van der Waals surface area contributed by atoms with Crippen molar-refractivity contribution in [3.05, 3.63) is 64.5 Å². The Bertz CT molecular complexity index is 1450. The van der Waals surface area contributed by atoms with Gasteiger partial charge in [0.2, 0.25) is 0 Å². The second-order valence-electron chi connectivity index (χ2n) is 8.82. The van der Waals surface area contributed by atoms with Gasteiger partial charge in [-0.2, -0.15) is 9.61 Å². The van der Waals surface area contributed by atoms with E-state index in [0.29, 0.717) is 58.7 Å². The number of nitrogen functional groups attached to an aromatic ring is 1. The second kappa shape index (κ2) is 9.55. The molecule has 4 aromatic rings. The second-order valence-corrected chi connectivity index (χ2v) is 9.61. The molecule has 0 radical (unpaired) electrons. The molecule has 0 spiro atoms. The Hall–Kier alpha value is -3.44. The van der Waals surface area contributed by atoms with Gasteiger partial charge in [0.25, 0.3) is 5.91 Å². The maximum Gasteiger partial charge on any atom is 0.251 e. The highest BCUT2D eigenvalue weighted by atomic mass is 79.9. The van der Waals surface area contributed by atoms with Gasteiger partial charge in [-0.1, -0.05) is 6.07 Å². The van der Waals surface area contributed by atoms with Crippen LogP contribution in [0.5, 0.6) is 0 Å². The third kappa shape index (κ3) is 4.33. The number of halogens is 3. The first-order chi connectivity index (χ1) is 17.2. The van der Waals surface area contributed by atoms with Gasteiger partial charge in [-0.15, -0.1) is 0 Å². The Morgan fingerprint density at radius 1 is 1.17 bits per heavy atom. The van der Waals surface area contributed by atoms with Crippen molar-refractivity contribution in [3.8, 4) is 22.4 Å². The first-order valence-electron chi connectivity index (χ1n) is 11.5. The lowest BCUT2D eigenvalue weighted by Crippen LogP contribution is -2.42. The highest BCUT2D eigenvalue weighted by Crippen LogP contribution is 2.37. The molecule has 36 heavy (non-hydrogen) atoms. The van der Waals surface area contributed by atoms with Crippen molar-refractivity contribution < 1.29 is 18.7 Å². The van der Waals surface area contributed by atoms with E-state index >= 15 is 0 Å². The van der Waals surface area contributed by atoms with E-state index in [0.717, 1.165) is 11.8 Å². The van der Waals surface area contributed by atoms with E-state index in [9.17, 15) is 18.7 Å². The fourth-order valence-electron chi connectivity index (χ4n) is 4.53. The van der Waals surface area contributed by atoms with Crippen molar-refractivity contribution in [2.24, 2.45) is 0 Å². The molecule has 4 heterocycles. The fraction of sp³-hybridized carbons (Fsp3) is 0.280. The van der Waals surface area contributed by atoms with Crippen LogP contribution in [0.2, 0.25) is 0 Å². The maximum atomic E-state index is 14.2. The van der Waals surface area contributed by atoms with Crippen LogP contribution < -0.4 is 5.73 Å². The number of nitrogens with two attached hydrogens (primary N) is 1. The Kier molecular flexibility index (Phi) is 6.44. The molecule has 8 nitrogen and oxygen atoms in total. The highest BCUT2D eigenvalue weighted by Gasteiger charge is 2.29. The van der Waals surface area contributed by atoms with Gasteiger partial charge in [0.1, 0.15) is 23.6 Å². The van der Waals surface area contributed by atoms with Gasteiger partial charge in [-0.25, -0.2) is 13.8 Å². The topological polar surface area (TPSA) is 110 Å². The van der Waals surface area contributed by atoms with E-state index in [4.69, 9.17) is 10.7 Å². The summed E-state index contributed by atoms with van der Waals surface area (Å²) >= 11 is 3.57. The van der Waals surface area contributed by atoms with Gasteiger partial charge >= 0.3 is 0 Å². The molecule has 1 amide bonds. The van der Waals surface area contributed by atoms with E-state index in [1.807, 2.05) is 0 Å². The number of amides is 1. The summed E-state index contributed by atoms with van der Waals surface area (Å²) < 4.78 is 29.6. The van der Waals surface area contributed by atoms with Gasteiger partial charge in [-0.3, -0.25) is 9.78 Å². The normalized spacial score (nSPS) is 15.4. The zero-order valence-electron chi connectivity index (χ0n) is 19.3. The molecule has 3 aromatic heterocycles. The lowest BCUT2D eigenvalue weighted by molar-refractivity contribution is -0.140. The van der Waals surface area contributed by atoms with E-state index in [-0.39, 0.29) is 17.4 Å². The summed E-state index contributed by atoms with van der Waals surface area (Å²) in [4.78, 5) is 23.1. The zero-order valence-corrected chi connectivity index (χ0v) is 20.9. The molecule has 1 aliphatic rings. The average Bonchev–Trinajstić information content (AvgIpc) is 3.30.